The maximum atomic E-state index is 9.82. The van der Waals surface area contributed by atoms with Crippen LogP contribution in [-0.2, 0) is 9.47 Å². The highest BCUT2D eigenvalue weighted by Gasteiger charge is 2.31. The summed E-state index contributed by atoms with van der Waals surface area (Å²) in [7, 11) is 0. The van der Waals surface area contributed by atoms with Crippen molar-refractivity contribution in [2.45, 2.75) is 45.0 Å². The number of hydrogen-bond donors (Lipinski definition) is 1. The number of likely N-dealkylation sites (tertiary alicyclic amines) is 1. The minimum absolute atomic E-state index is 0.154. The number of ether oxygens (including phenoxy) is 2. The highest BCUT2D eigenvalue weighted by Crippen LogP contribution is 2.24. The van der Waals surface area contributed by atoms with Gasteiger partial charge in [-0.15, -0.1) is 0 Å². The monoisotopic (exact) mass is 243 g/mol. The Bertz CT molecular complexity index is 241. The summed E-state index contributed by atoms with van der Waals surface area (Å²) in [5.74, 6) is 0.0899. The molecule has 0 aromatic carbocycles. The van der Waals surface area contributed by atoms with Gasteiger partial charge in [0.05, 0.1) is 19.3 Å². The van der Waals surface area contributed by atoms with E-state index in [0.29, 0.717) is 5.92 Å². The first-order valence-electron chi connectivity index (χ1n) is 6.77. The predicted molar refractivity (Wildman–Crippen MR) is 65.8 cm³/mol. The Balaban J connectivity index is 1.65. The summed E-state index contributed by atoms with van der Waals surface area (Å²) in [6.07, 6.45) is 2.95. The topological polar surface area (TPSA) is 41.9 Å². The fourth-order valence-electron chi connectivity index (χ4n) is 2.64. The van der Waals surface area contributed by atoms with Crippen LogP contribution in [0.25, 0.3) is 0 Å². The largest absolute Gasteiger partial charge is 0.392 e. The summed E-state index contributed by atoms with van der Waals surface area (Å²) in [5, 5.41) is 9.82. The molecular formula is C13H25NO3. The van der Waals surface area contributed by atoms with E-state index in [-0.39, 0.29) is 11.9 Å². The second-order valence-electron chi connectivity index (χ2n) is 5.57. The molecule has 2 aliphatic rings. The lowest BCUT2D eigenvalue weighted by atomic mass is 9.96. The van der Waals surface area contributed by atoms with Gasteiger partial charge in [0.2, 0.25) is 0 Å². The second-order valence-corrected chi connectivity index (χ2v) is 5.57. The van der Waals surface area contributed by atoms with Gasteiger partial charge < -0.3 is 19.5 Å². The molecule has 0 aromatic heterocycles. The van der Waals surface area contributed by atoms with Gasteiger partial charge in [0.25, 0.3) is 0 Å². The number of hydrogen-bond acceptors (Lipinski definition) is 4. The highest BCUT2D eigenvalue weighted by atomic mass is 16.7. The standard InChI is InChI=1S/C13H25NO3/c1-11-4-7-14(10-12(11)15)6-3-5-13(2)16-8-9-17-13/h11-12,15H,3-10H2,1-2H3/t11-,12-/m0/s1. The molecule has 2 atom stereocenters. The summed E-state index contributed by atoms with van der Waals surface area (Å²) in [6, 6.07) is 0. The molecule has 1 N–H and O–H groups in total. The van der Waals surface area contributed by atoms with E-state index in [1.807, 2.05) is 6.92 Å². The van der Waals surface area contributed by atoms with E-state index >= 15 is 0 Å². The van der Waals surface area contributed by atoms with Gasteiger partial charge in [-0.2, -0.15) is 0 Å². The van der Waals surface area contributed by atoms with Crippen molar-refractivity contribution in [2.24, 2.45) is 5.92 Å². The summed E-state index contributed by atoms with van der Waals surface area (Å²) in [5.41, 5.74) is 0. The fraction of sp³-hybridized carbons (Fsp3) is 1.00. The van der Waals surface area contributed by atoms with Gasteiger partial charge in [-0.25, -0.2) is 0 Å². The molecule has 2 saturated heterocycles. The third kappa shape index (κ3) is 3.65. The maximum absolute atomic E-state index is 9.82. The Morgan fingerprint density at radius 1 is 1.35 bits per heavy atom. The van der Waals surface area contributed by atoms with Crippen LogP contribution in [0.2, 0.25) is 0 Å². The molecule has 2 heterocycles. The minimum Gasteiger partial charge on any atom is -0.392 e. The van der Waals surface area contributed by atoms with E-state index < -0.39 is 0 Å². The fourth-order valence-corrected chi connectivity index (χ4v) is 2.64. The van der Waals surface area contributed by atoms with Crippen molar-refractivity contribution < 1.29 is 14.6 Å². The third-order valence-electron chi connectivity index (χ3n) is 4.01. The molecule has 0 radical (unpaired) electrons. The zero-order chi connectivity index (χ0) is 12.3. The van der Waals surface area contributed by atoms with Crippen LogP contribution in [0.15, 0.2) is 0 Å². The zero-order valence-corrected chi connectivity index (χ0v) is 11.0. The van der Waals surface area contributed by atoms with Gasteiger partial charge in [-0.3, -0.25) is 0 Å². The number of β-amino-alcohol motifs (C(OH)–C–C–N with tert-alkyl or cyclic N) is 1. The summed E-state index contributed by atoms with van der Waals surface area (Å²) < 4.78 is 11.2. The van der Waals surface area contributed by atoms with Crippen molar-refractivity contribution in [3.05, 3.63) is 0 Å². The molecule has 0 unspecified atom stereocenters. The number of piperidine rings is 1. The molecule has 0 spiro atoms. The van der Waals surface area contributed by atoms with Crippen LogP contribution in [0, 0.1) is 5.92 Å². The van der Waals surface area contributed by atoms with Crippen LogP contribution in [-0.4, -0.2) is 54.7 Å². The molecular weight excluding hydrogens is 218 g/mol. The number of nitrogens with zero attached hydrogens (tertiary/aromatic N) is 1. The number of rotatable bonds is 4. The lowest BCUT2D eigenvalue weighted by Crippen LogP contribution is -2.43. The van der Waals surface area contributed by atoms with Crippen molar-refractivity contribution in [1.29, 1.82) is 0 Å². The molecule has 2 fully saturated rings. The molecule has 2 rings (SSSR count). The van der Waals surface area contributed by atoms with Gasteiger partial charge in [-0.1, -0.05) is 6.92 Å². The van der Waals surface area contributed by atoms with E-state index in [4.69, 9.17) is 9.47 Å². The average molecular weight is 243 g/mol. The molecule has 17 heavy (non-hydrogen) atoms. The quantitative estimate of drug-likeness (QED) is 0.806. The van der Waals surface area contributed by atoms with Crippen molar-refractivity contribution in [2.75, 3.05) is 32.8 Å². The van der Waals surface area contributed by atoms with E-state index in [2.05, 4.69) is 11.8 Å². The van der Waals surface area contributed by atoms with Crippen molar-refractivity contribution in [3.8, 4) is 0 Å². The molecule has 0 saturated carbocycles. The van der Waals surface area contributed by atoms with Crippen LogP contribution in [0.5, 0.6) is 0 Å². The summed E-state index contributed by atoms with van der Waals surface area (Å²) in [6.45, 7) is 8.55. The van der Waals surface area contributed by atoms with Gasteiger partial charge in [0, 0.05) is 13.0 Å². The predicted octanol–water partition coefficient (Wildman–Crippen LogP) is 1.23. The van der Waals surface area contributed by atoms with Crippen LogP contribution in [0.3, 0.4) is 0 Å². The van der Waals surface area contributed by atoms with Gasteiger partial charge in [0.15, 0.2) is 5.79 Å². The summed E-state index contributed by atoms with van der Waals surface area (Å²) in [4.78, 5) is 2.35. The molecule has 0 aliphatic carbocycles. The zero-order valence-electron chi connectivity index (χ0n) is 11.0. The Labute approximate surface area is 104 Å². The number of aliphatic hydroxyl groups excluding tert-OH is 1. The lowest BCUT2D eigenvalue weighted by molar-refractivity contribution is -0.148. The molecule has 0 amide bonds. The maximum Gasteiger partial charge on any atom is 0.165 e. The smallest absolute Gasteiger partial charge is 0.165 e. The first-order chi connectivity index (χ1) is 8.09. The molecule has 4 heteroatoms. The van der Waals surface area contributed by atoms with Crippen molar-refractivity contribution >= 4 is 0 Å². The second kappa shape index (κ2) is 5.65. The Hall–Kier alpha value is -0.160. The van der Waals surface area contributed by atoms with E-state index in [9.17, 15) is 5.11 Å². The summed E-state index contributed by atoms with van der Waals surface area (Å²) >= 11 is 0. The first-order valence-corrected chi connectivity index (χ1v) is 6.77. The normalized spacial score (nSPS) is 34.1. The van der Waals surface area contributed by atoms with Gasteiger partial charge >= 0.3 is 0 Å². The molecule has 0 bridgehead atoms. The Morgan fingerprint density at radius 3 is 2.71 bits per heavy atom. The van der Waals surface area contributed by atoms with E-state index in [0.717, 1.165) is 52.1 Å². The first kappa shape index (κ1) is 13.3. The van der Waals surface area contributed by atoms with Crippen LogP contribution in [0.1, 0.15) is 33.1 Å². The highest BCUT2D eigenvalue weighted by molar-refractivity contribution is 4.78. The van der Waals surface area contributed by atoms with Crippen LogP contribution in [0.4, 0.5) is 0 Å². The third-order valence-corrected chi connectivity index (χ3v) is 4.01. The molecule has 4 nitrogen and oxygen atoms in total. The Kier molecular flexibility index (Phi) is 4.42. The van der Waals surface area contributed by atoms with E-state index in [1.54, 1.807) is 0 Å². The molecule has 100 valence electrons. The number of aliphatic hydroxyl groups is 1. The van der Waals surface area contributed by atoms with Crippen LogP contribution < -0.4 is 0 Å². The SMILES string of the molecule is C[C@H]1CCN(CCCC2(C)OCCO2)C[C@@H]1O. The molecule has 2 aliphatic heterocycles. The van der Waals surface area contributed by atoms with Crippen LogP contribution >= 0.6 is 0 Å². The Morgan fingerprint density at radius 2 is 2.06 bits per heavy atom. The minimum atomic E-state index is -0.359. The lowest BCUT2D eigenvalue weighted by Gasteiger charge is -2.34. The van der Waals surface area contributed by atoms with Gasteiger partial charge in [0.1, 0.15) is 0 Å². The van der Waals surface area contributed by atoms with E-state index in [1.165, 1.54) is 0 Å². The van der Waals surface area contributed by atoms with Crippen molar-refractivity contribution in [3.63, 3.8) is 0 Å². The van der Waals surface area contributed by atoms with Gasteiger partial charge in [-0.05, 0) is 38.8 Å². The molecule has 0 aromatic rings. The van der Waals surface area contributed by atoms with Crippen molar-refractivity contribution in [1.82, 2.24) is 4.90 Å². The average Bonchev–Trinajstić information content (AvgIpc) is 2.71.